The first-order valence-electron chi connectivity index (χ1n) is 6.49. The Labute approximate surface area is 127 Å². The monoisotopic (exact) mass is 304 g/mol. The second-order valence-electron chi connectivity index (χ2n) is 4.00. The first-order valence-corrected chi connectivity index (χ1v) is 7.37. The quantitative estimate of drug-likeness (QED) is 0.632. The molecule has 21 heavy (non-hydrogen) atoms. The van der Waals surface area contributed by atoms with Gasteiger partial charge in [0.1, 0.15) is 11.5 Å². The van der Waals surface area contributed by atoms with Crippen LogP contribution in [0.5, 0.6) is 11.5 Å². The average molecular weight is 304 g/mol. The van der Waals surface area contributed by atoms with Crippen molar-refractivity contribution >= 4 is 23.5 Å². The molecule has 0 spiro atoms. The normalized spacial score (nSPS) is 10.5. The first kappa shape index (κ1) is 15.1. The zero-order valence-electron chi connectivity index (χ0n) is 11.6. The molecular weight excluding hydrogens is 288 g/mol. The molecule has 2 aromatic rings. The molecule has 1 aromatic carbocycles. The summed E-state index contributed by atoms with van der Waals surface area (Å²) in [6.45, 7) is 2.45. The Morgan fingerprint density at radius 3 is 2.57 bits per heavy atom. The van der Waals surface area contributed by atoms with Crippen LogP contribution >= 0.6 is 11.3 Å². The molecule has 6 heteroatoms. The number of amides is 1. The minimum Gasteiger partial charge on any atom is -0.494 e. The third-order valence-electron chi connectivity index (χ3n) is 2.43. The maximum absolute atomic E-state index is 11.5. The number of rotatable bonds is 7. The van der Waals surface area contributed by atoms with Crippen molar-refractivity contribution in [3.63, 3.8) is 0 Å². The van der Waals surface area contributed by atoms with Crippen LogP contribution in [0.25, 0.3) is 0 Å². The predicted molar refractivity (Wildman–Crippen MR) is 83.2 cm³/mol. The summed E-state index contributed by atoms with van der Waals surface area (Å²) in [5.41, 5.74) is 2.41. The van der Waals surface area contributed by atoms with Crippen LogP contribution < -0.4 is 14.9 Å². The minimum atomic E-state index is -0.309. The second-order valence-corrected chi connectivity index (χ2v) is 4.98. The molecule has 1 aromatic heterocycles. The number of hydrogen-bond acceptors (Lipinski definition) is 5. The van der Waals surface area contributed by atoms with Gasteiger partial charge in [0.15, 0.2) is 6.61 Å². The summed E-state index contributed by atoms with van der Waals surface area (Å²) in [6, 6.07) is 10.9. The van der Waals surface area contributed by atoms with E-state index in [1.54, 1.807) is 41.8 Å². The van der Waals surface area contributed by atoms with E-state index in [0.717, 1.165) is 10.6 Å². The zero-order valence-corrected chi connectivity index (χ0v) is 12.4. The molecule has 5 nitrogen and oxygen atoms in total. The Hall–Kier alpha value is -2.34. The zero-order chi connectivity index (χ0) is 14.9. The van der Waals surface area contributed by atoms with Gasteiger partial charge in [-0.3, -0.25) is 4.79 Å². The Bertz CT molecular complexity index is 579. The maximum Gasteiger partial charge on any atom is 0.277 e. The smallest absolute Gasteiger partial charge is 0.277 e. The van der Waals surface area contributed by atoms with Gasteiger partial charge in [-0.1, -0.05) is 6.07 Å². The fourth-order valence-electron chi connectivity index (χ4n) is 1.51. The van der Waals surface area contributed by atoms with E-state index in [-0.39, 0.29) is 12.5 Å². The number of nitrogens with zero attached hydrogens (tertiary/aromatic N) is 1. The molecule has 0 fully saturated rings. The fraction of sp³-hybridized carbons (Fsp3) is 0.200. The SMILES string of the molecule is CCOc1ccc(OCC(=O)N/N=C/c2cccs2)cc1. The van der Waals surface area contributed by atoms with Crippen LogP contribution in [0.15, 0.2) is 46.9 Å². The Morgan fingerprint density at radius 2 is 1.95 bits per heavy atom. The van der Waals surface area contributed by atoms with Crippen molar-refractivity contribution in [1.82, 2.24) is 5.43 Å². The van der Waals surface area contributed by atoms with Crippen molar-refractivity contribution < 1.29 is 14.3 Å². The van der Waals surface area contributed by atoms with Crippen LogP contribution in [0.2, 0.25) is 0 Å². The van der Waals surface area contributed by atoms with Gasteiger partial charge in [-0.15, -0.1) is 11.3 Å². The largest absolute Gasteiger partial charge is 0.494 e. The van der Waals surface area contributed by atoms with E-state index in [9.17, 15) is 4.79 Å². The summed E-state index contributed by atoms with van der Waals surface area (Å²) in [5.74, 6) is 1.07. The third kappa shape index (κ3) is 5.27. The van der Waals surface area contributed by atoms with E-state index < -0.39 is 0 Å². The molecule has 1 amide bonds. The average Bonchev–Trinajstić information content (AvgIpc) is 3.00. The fourth-order valence-corrected chi connectivity index (χ4v) is 2.10. The molecular formula is C15H16N2O3S. The molecule has 2 rings (SSSR count). The Morgan fingerprint density at radius 1 is 1.24 bits per heavy atom. The highest BCUT2D eigenvalue weighted by Gasteiger charge is 2.01. The summed E-state index contributed by atoms with van der Waals surface area (Å²) in [4.78, 5) is 12.5. The molecule has 0 radical (unpaired) electrons. The third-order valence-corrected chi connectivity index (χ3v) is 3.24. The van der Waals surface area contributed by atoms with Crippen LogP contribution in [-0.2, 0) is 4.79 Å². The molecule has 0 aliphatic rings. The van der Waals surface area contributed by atoms with Gasteiger partial charge in [0.05, 0.1) is 12.8 Å². The lowest BCUT2D eigenvalue weighted by molar-refractivity contribution is -0.123. The van der Waals surface area contributed by atoms with Gasteiger partial charge in [0.25, 0.3) is 5.91 Å². The molecule has 0 aliphatic carbocycles. The number of carbonyl (C=O) groups excluding carboxylic acids is 1. The lowest BCUT2D eigenvalue weighted by Gasteiger charge is -2.06. The van der Waals surface area contributed by atoms with Crippen molar-refractivity contribution in [2.75, 3.05) is 13.2 Å². The summed E-state index contributed by atoms with van der Waals surface area (Å²) < 4.78 is 10.7. The van der Waals surface area contributed by atoms with Crippen molar-refractivity contribution in [3.05, 3.63) is 46.7 Å². The highest BCUT2D eigenvalue weighted by molar-refractivity contribution is 7.11. The van der Waals surface area contributed by atoms with Crippen LogP contribution in [0.4, 0.5) is 0 Å². The number of nitrogens with one attached hydrogen (secondary N) is 1. The van der Waals surface area contributed by atoms with Crippen LogP contribution in [0, 0.1) is 0 Å². The Kier molecular flexibility index (Phi) is 5.78. The number of thiophene rings is 1. The summed E-state index contributed by atoms with van der Waals surface area (Å²) in [5, 5.41) is 5.79. The Balaban J connectivity index is 1.73. The molecule has 0 atom stereocenters. The molecule has 1 heterocycles. The number of hydrazone groups is 1. The van der Waals surface area contributed by atoms with Crippen LogP contribution in [-0.4, -0.2) is 25.3 Å². The van der Waals surface area contributed by atoms with E-state index in [1.165, 1.54) is 0 Å². The number of ether oxygens (including phenoxy) is 2. The highest BCUT2D eigenvalue weighted by atomic mass is 32.1. The minimum absolute atomic E-state index is 0.0875. The van der Waals surface area contributed by atoms with Crippen LogP contribution in [0.3, 0.4) is 0 Å². The van der Waals surface area contributed by atoms with Gasteiger partial charge in [-0.05, 0) is 42.6 Å². The molecule has 0 saturated carbocycles. The predicted octanol–water partition coefficient (Wildman–Crippen LogP) is 2.68. The van der Waals surface area contributed by atoms with Gasteiger partial charge in [0.2, 0.25) is 0 Å². The van der Waals surface area contributed by atoms with E-state index in [2.05, 4.69) is 10.5 Å². The van der Waals surface area contributed by atoms with Gasteiger partial charge < -0.3 is 9.47 Å². The van der Waals surface area contributed by atoms with E-state index in [0.29, 0.717) is 12.4 Å². The van der Waals surface area contributed by atoms with E-state index in [4.69, 9.17) is 9.47 Å². The lowest BCUT2D eigenvalue weighted by Crippen LogP contribution is -2.24. The lowest BCUT2D eigenvalue weighted by atomic mass is 10.3. The van der Waals surface area contributed by atoms with Gasteiger partial charge in [-0.2, -0.15) is 5.10 Å². The molecule has 0 aliphatic heterocycles. The van der Waals surface area contributed by atoms with Crippen molar-refractivity contribution in [2.45, 2.75) is 6.92 Å². The highest BCUT2D eigenvalue weighted by Crippen LogP contribution is 2.17. The first-order chi connectivity index (χ1) is 10.3. The number of carbonyl (C=O) groups is 1. The summed E-state index contributed by atoms with van der Waals surface area (Å²) in [6.07, 6.45) is 1.60. The van der Waals surface area contributed by atoms with Gasteiger partial charge in [0, 0.05) is 4.88 Å². The molecule has 0 saturated heterocycles. The van der Waals surface area contributed by atoms with Gasteiger partial charge in [-0.25, -0.2) is 5.43 Å². The molecule has 0 unspecified atom stereocenters. The number of hydrogen-bond donors (Lipinski definition) is 1. The molecule has 0 bridgehead atoms. The van der Waals surface area contributed by atoms with Crippen molar-refractivity contribution in [1.29, 1.82) is 0 Å². The summed E-state index contributed by atoms with van der Waals surface area (Å²) in [7, 11) is 0. The molecule has 110 valence electrons. The van der Waals surface area contributed by atoms with E-state index >= 15 is 0 Å². The summed E-state index contributed by atoms with van der Waals surface area (Å²) >= 11 is 1.55. The second kappa shape index (κ2) is 8.06. The standard InChI is InChI=1S/C15H16N2O3S/c1-2-19-12-5-7-13(8-6-12)20-11-15(18)17-16-10-14-4-3-9-21-14/h3-10H,2,11H2,1H3,(H,17,18)/b16-10+. The molecule has 1 N–H and O–H groups in total. The number of benzene rings is 1. The van der Waals surface area contributed by atoms with E-state index in [1.807, 2.05) is 24.4 Å². The van der Waals surface area contributed by atoms with Crippen molar-refractivity contribution in [2.24, 2.45) is 5.10 Å². The maximum atomic E-state index is 11.5. The van der Waals surface area contributed by atoms with Gasteiger partial charge >= 0.3 is 0 Å². The topological polar surface area (TPSA) is 59.9 Å². The van der Waals surface area contributed by atoms with Crippen LogP contribution in [0.1, 0.15) is 11.8 Å². The van der Waals surface area contributed by atoms with Crippen molar-refractivity contribution in [3.8, 4) is 11.5 Å².